The summed E-state index contributed by atoms with van der Waals surface area (Å²) < 4.78 is 27.8. The molecule has 3 aliphatic heterocycles. The van der Waals surface area contributed by atoms with Gasteiger partial charge in [-0.15, -0.1) is 0 Å². The quantitative estimate of drug-likeness (QED) is 0.107. The molecule has 11 N–H and O–H groups in total. The summed E-state index contributed by atoms with van der Waals surface area (Å²) in [6, 6.07) is -4.00. The van der Waals surface area contributed by atoms with Crippen LogP contribution in [0.15, 0.2) is 0 Å². The van der Waals surface area contributed by atoms with Crippen LogP contribution >= 0.6 is 0 Å². The highest BCUT2D eigenvalue weighted by molar-refractivity contribution is 5.74. The van der Waals surface area contributed by atoms with Gasteiger partial charge in [-0.1, -0.05) is 0 Å². The van der Waals surface area contributed by atoms with E-state index in [2.05, 4.69) is 16.0 Å². The third-order valence-corrected chi connectivity index (χ3v) is 7.26. The lowest BCUT2D eigenvalue weighted by atomic mass is 9.95. The van der Waals surface area contributed by atoms with Gasteiger partial charge in [-0.25, -0.2) is 0 Å². The van der Waals surface area contributed by atoms with Gasteiger partial charge in [0.1, 0.15) is 73.1 Å². The number of rotatable bonds is 10. The monoisotopic (exact) mass is 627 g/mol. The number of hydrogen-bond donors (Lipinski definition) is 11. The number of aliphatic hydroxyl groups is 8. The van der Waals surface area contributed by atoms with Crippen molar-refractivity contribution in [3.63, 3.8) is 0 Å². The van der Waals surface area contributed by atoms with Crippen LogP contribution in [0.25, 0.3) is 0 Å². The fourth-order valence-electron chi connectivity index (χ4n) is 5.07. The molecule has 3 amide bonds. The third kappa shape index (κ3) is 8.54. The van der Waals surface area contributed by atoms with E-state index in [4.69, 9.17) is 23.7 Å². The average Bonchev–Trinajstić information content (AvgIpc) is 2.93. The van der Waals surface area contributed by atoms with Gasteiger partial charge in [-0.05, 0) is 0 Å². The molecule has 0 aliphatic carbocycles. The van der Waals surface area contributed by atoms with Crippen LogP contribution in [0.5, 0.6) is 0 Å². The summed E-state index contributed by atoms with van der Waals surface area (Å²) >= 11 is 0. The van der Waals surface area contributed by atoms with Crippen molar-refractivity contribution in [2.24, 2.45) is 0 Å². The third-order valence-electron chi connectivity index (χ3n) is 7.26. The molecule has 0 aromatic heterocycles. The van der Waals surface area contributed by atoms with E-state index >= 15 is 0 Å². The molecule has 0 saturated carbocycles. The SMILES string of the molecule is CC(=O)N[C@@H]1[C@@H](O)[C@H](O)[C@@H](CO[C@@H]2O[C@H](CO[C@@H]3O[C@H](CO)[C@@H](O)[C@H](O)[C@H]3NC(C)=O)[C@@H](O)[C@H](O)[C@H]2NC(C)=O)O[C@H]1O. The molecular formula is C24H41N3O16. The summed E-state index contributed by atoms with van der Waals surface area (Å²) in [4.78, 5) is 34.8. The summed E-state index contributed by atoms with van der Waals surface area (Å²) in [5.41, 5.74) is 0. The van der Waals surface area contributed by atoms with Crippen molar-refractivity contribution in [1.82, 2.24) is 16.0 Å². The Kier molecular flexibility index (Phi) is 12.5. The largest absolute Gasteiger partial charge is 0.394 e. The Morgan fingerprint density at radius 2 is 0.907 bits per heavy atom. The van der Waals surface area contributed by atoms with Crippen molar-refractivity contribution >= 4 is 17.7 Å². The van der Waals surface area contributed by atoms with Gasteiger partial charge in [0.15, 0.2) is 18.9 Å². The zero-order valence-electron chi connectivity index (χ0n) is 23.6. The first-order chi connectivity index (χ1) is 20.2. The zero-order chi connectivity index (χ0) is 32.2. The number of aliphatic hydroxyl groups excluding tert-OH is 8. The molecule has 43 heavy (non-hydrogen) atoms. The van der Waals surface area contributed by atoms with Crippen molar-refractivity contribution in [3.05, 3.63) is 0 Å². The molecule has 0 radical (unpaired) electrons. The number of amides is 3. The Morgan fingerprint density at radius 1 is 0.558 bits per heavy atom. The van der Waals surface area contributed by atoms with Crippen LogP contribution in [0, 0.1) is 0 Å². The average molecular weight is 628 g/mol. The second kappa shape index (κ2) is 15.3. The van der Waals surface area contributed by atoms with Gasteiger partial charge in [0.25, 0.3) is 0 Å². The molecule has 3 aliphatic rings. The molecule has 0 bridgehead atoms. The van der Waals surface area contributed by atoms with Crippen molar-refractivity contribution in [3.8, 4) is 0 Å². The van der Waals surface area contributed by atoms with Gasteiger partial charge in [-0.2, -0.15) is 0 Å². The minimum Gasteiger partial charge on any atom is -0.394 e. The summed E-state index contributed by atoms with van der Waals surface area (Å²) in [7, 11) is 0. The molecule has 3 saturated heterocycles. The second-order valence-corrected chi connectivity index (χ2v) is 10.6. The van der Waals surface area contributed by atoms with E-state index in [0.717, 1.165) is 20.8 Å². The van der Waals surface area contributed by atoms with Crippen LogP contribution < -0.4 is 16.0 Å². The molecule has 248 valence electrons. The lowest BCUT2D eigenvalue weighted by molar-refractivity contribution is -0.313. The summed E-state index contributed by atoms with van der Waals surface area (Å²) in [5.74, 6) is -1.82. The summed E-state index contributed by atoms with van der Waals surface area (Å²) in [5, 5.41) is 89.8. The lowest BCUT2D eigenvalue weighted by Crippen LogP contribution is -2.67. The van der Waals surface area contributed by atoms with E-state index < -0.39 is 129 Å². The molecule has 3 fully saturated rings. The maximum atomic E-state index is 11.8. The number of hydrogen-bond acceptors (Lipinski definition) is 16. The van der Waals surface area contributed by atoms with Crippen molar-refractivity contribution in [1.29, 1.82) is 0 Å². The second-order valence-electron chi connectivity index (χ2n) is 10.6. The van der Waals surface area contributed by atoms with E-state index in [0.29, 0.717) is 0 Å². The first-order valence-corrected chi connectivity index (χ1v) is 13.5. The normalized spacial score (nSPS) is 43.5. The number of carbonyl (C=O) groups is 3. The highest BCUT2D eigenvalue weighted by atomic mass is 16.7. The maximum absolute atomic E-state index is 11.8. The molecule has 19 nitrogen and oxygen atoms in total. The highest BCUT2D eigenvalue weighted by Crippen LogP contribution is 2.27. The molecule has 19 heteroatoms. The van der Waals surface area contributed by atoms with E-state index in [9.17, 15) is 55.2 Å². The van der Waals surface area contributed by atoms with Crippen molar-refractivity contribution in [2.75, 3.05) is 19.8 Å². The Balaban J connectivity index is 1.72. The van der Waals surface area contributed by atoms with E-state index in [-0.39, 0.29) is 0 Å². The molecular weight excluding hydrogens is 586 g/mol. The predicted octanol–water partition coefficient (Wildman–Crippen LogP) is -7.14. The molecule has 3 rings (SSSR count). The van der Waals surface area contributed by atoms with Crippen LogP contribution in [0.2, 0.25) is 0 Å². The van der Waals surface area contributed by atoms with Crippen LogP contribution in [0.4, 0.5) is 0 Å². The first-order valence-electron chi connectivity index (χ1n) is 13.5. The van der Waals surface area contributed by atoms with Crippen LogP contribution in [-0.4, -0.2) is 170 Å². The van der Waals surface area contributed by atoms with Crippen LogP contribution in [-0.2, 0) is 38.1 Å². The fraction of sp³-hybridized carbons (Fsp3) is 0.875. The predicted molar refractivity (Wildman–Crippen MR) is 136 cm³/mol. The smallest absolute Gasteiger partial charge is 0.217 e. The molecule has 0 spiro atoms. The van der Waals surface area contributed by atoms with E-state index in [1.165, 1.54) is 0 Å². The molecule has 0 aromatic rings. The molecule has 0 aromatic carbocycles. The van der Waals surface area contributed by atoms with E-state index in [1.54, 1.807) is 0 Å². The van der Waals surface area contributed by atoms with Gasteiger partial charge >= 0.3 is 0 Å². The van der Waals surface area contributed by atoms with Crippen LogP contribution in [0.1, 0.15) is 20.8 Å². The van der Waals surface area contributed by atoms with Crippen molar-refractivity contribution in [2.45, 2.75) is 113 Å². The zero-order valence-corrected chi connectivity index (χ0v) is 23.6. The number of carbonyl (C=O) groups excluding carboxylic acids is 3. The Hall–Kier alpha value is -2.11. The Bertz CT molecular complexity index is 962. The van der Waals surface area contributed by atoms with Crippen molar-refractivity contribution < 1.29 is 78.9 Å². The van der Waals surface area contributed by atoms with E-state index in [1.807, 2.05) is 0 Å². The molecule has 3 heterocycles. The standard InChI is InChI=1S/C24H41N3O16/c1-7(29)25-13-19(35)17(33)11(41-22(13)38)5-39-24-15(27-9(3)31)21(37)18(34)12(43-24)6-40-23-14(26-8(2)30)20(36)16(32)10(4-28)42-23/h10-24,28,32-38H,4-6H2,1-3H3,(H,25,29)(H,26,30)(H,27,31)/t10-,11-,12-,13-,14-,15-,16-,17-,18-,19-,20-,21-,22-,23-,24-/m1/s1. The maximum Gasteiger partial charge on any atom is 0.217 e. The van der Waals surface area contributed by atoms with Gasteiger partial charge < -0.3 is 80.5 Å². The number of ether oxygens (including phenoxy) is 5. The minimum atomic E-state index is -1.73. The van der Waals surface area contributed by atoms with Crippen LogP contribution in [0.3, 0.4) is 0 Å². The fourth-order valence-corrected chi connectivity index (χ4v) is 5.07. The topological polar surface area (TPSA) is 295 Å². The molecule has 0 unspecified atom stereocenters. The van der Waals surface area contributed by atoms with Gasteiger partial charge in [0, 0.05) is 20.8 Å². The summed E-state index contributed by atoms with van der Waals surface area (Å²) in [6.07, 6.45) is -18.6. The molecule has 15 atom stereocenters. The van der Waals surface area contributed by atoms with Gasteiger partial charge in [-0.3, -0.25) is 14.4 Å². The Labute approximate surface area is 245 Å². The Morgan fingerprint density at radius 3 is 1.33 bits per heavy atom. The first kappa shape index (κ1) is 35.4. The van der Waals surface area contributed by atoms with Gasteiger partial charge in [0.05, 0.1) is 19.8 Å². The number of nitrogens with one attached hydrogen (secondary N) is 3. The van der Waals surface area contributed by atoms with Gasteiger partial charge in [0.2, 0.25) is 17.7 Å². The minimum absolute atomic E-state index is 0.565. The lowest BCUT2D eigenvalue weighted by Gasteiger charge is -2.45. The summed E-state index contributed by atoms with van der Waals surface area (Å²) in [6.45, 7) is 1.58. The highest BCUT2D eigenvalue weighted by Gasteiger charge is 2.50.